The van der Waals surface area contributed by atoms with E-state index in [0.29, 0.717) is 5.89 Å². The van der Waals surface area contributed by atoms with Crippen LogP contribution in [0.25, 0.3) is 67.2 Å². The zero-order chi connectivity index (χ0) is 26.3. The molecule has 2 heterocycles. The Morgan fingerprint density at radius 3 is 1.64 bits per heavy atom. The molecule has 7 aromatic rings. The fourth-order valence-electron chi connectivity index (χ4n) is 5.15. The van der Waals surface area contributed by atoms with E-state index in [1.54, 1.807) is 0 Å². The van der Waals surface area contributed by atoms with E-state index in [0.717, 1.165) is 61.3 Å². The molecular formula is C35H25N3O. The summed E-state index contributed by atoms with van der Waals surface area (Å²) in [5.41, 5.74) is 12.9. The summed E-state index contributed by atoms with van der Waals surface area (Å²) in [6.45, 7) is 4.25. The van der Waals surface area contributed by atoms with Gasteiger partial charge in [0.1, 0.15) is 5.52 Å². The van der Waals surface area contributed by atoms with Crippen molar-refractivity contribution in [2.45, 2.75) is 13.8 Å². The lowest BCUT2D eigenvalue weighted by Crippen LogP contribution is -1.95. The lowest BCUT2D eigenvalue weighted by Gasteiger charge is -2.13. The van der Waals surface area contributed by atoms with Crippen molar-refractivity contribution in [1.82, 2.24) is 15.0 Å². The first-order valence-electron chi connectivity index (χ1n) is 13.0. The minimum Gasteiger partial charge on any atom is -0.436 e. The maximum Gasteiger partial charge on any atom is 0.227 e. The van der Waals surface area contributed by atoms with Crippen molar-refractivity contribution in [3.8, 4) is 45.1 Å². The predicted octanol–water partition coefficient (Wildman–Crippen LogP) is 9.06. The number of hydrogen-bond acceptors (Lipinski definition) is 4. The summed E-state index contributed by atoms with van der Waals surface area (Å²) >= 11 is 0. The molecule has 0 aliphatic rings. The zero-order valence-corrected chi connectivity index (χ0v) is 21.7. The maximum atomic E-state index is 6.05. The maximum absolute atomic E-state index is 6.05. The van der Waals surface area contributed by atoms with Crippen LogP contribution in [0.2, 0.25) is 0 Å². The molecule has 39 heavy (non-hydrogen) atoms. The van der Waals surface area contributed by atoms with Gasteiger partial charge in [-0.1, -0.05) is 84.9 Å². The van der Waals surface area contributed by atoms with Gasteiger partial charge in [0.15, 0.2) is 5.58 Å². The van der Waals surface area contributed by atoms with Gasteiger partial charge >= 0.3 is 0 Å². The van der Waals surface area contributed by atoms with Crippen molar-refractivity contribution >= 4 is 22.1 Å². The molecular weight excluding hydrogens is 478 g/mol. The Hall–Kier alpha value is -5.09. The van der Waals surface area contributed by atoms with Crippen molar-refractivity contribution in [3.05, 3.63) is 126 Å². The number of aromatic nitrogens is 3. The normalized spacial score (nSPS) is 11.3. The van der Waals surface area contributed by atoms with Gasteiger partial charge in [-0.05, 0) is 66.4 Å². The average Bonchev–Trinajstić information content (AvgIpc) is 3.42. The summed E-state index contributed by atoms with van der Waals surface area (Å²) in [6.07, 6.45) is 0. The van der Waals surface area contributed by atoms with E-state index in [9.17, 15) is 0 Å². The summed E-state index contributed by atoms with van der Waals surface area (Å²) in [5, 5.41) is 0. The highest BCUT2D eigenvalue weighted by atomic mass is 16.3. The largest absolute Gasteiger partial charge is 0.436 e. The molecule has 7 rings (SSSR count). The van der Waals surface area contributed by atoms with Gasteiger partial charge in [-0.2, -0.15) is 0 Å². The summed E-state index contributed by atoms with van der Waals surface area (Å²) in [6, 6.07) is 39.2. The molecule has 0 saturated heterocycles. The molecule has 0 aliphatic carbocycles. The number of rotatable bonds is 4. The Balaban J connectivity index is 1.28. The van der Waals surface area contributed by atoms with E-state index in [1.807, 2.05) is 66.7 Å². The van der Waals surface area contributed by atoms with Gasteiger partial charge < -0.3 is 4.42 Å². The smallest absolute Gasteiger partial charge is 0.227 e. The van der Waals surface area contributed by atoms with Gasteiger partial charge in [-0.15, -0.1) is 0 Å². The molecule has 0 amide bonds. The topological polar surface area (TPSA) is 51.8 Å². The van der Waals surface area contributed by atoms with E-state index >= 15 is 0 Å². The Labute approximate surface area is 226 Å². The molecule has 0 unspecified atom stereocenters. The van der Waals surface area contributed by atoms with Crippen LogP contribution in [0.15, 0.2) is 120 Å². The minimum absolute atomic E-state index is 0.655. The van der Waals surface area contributed by atoms with Crippen LogP contribution < -0.4 is 0 Å². The minimum atomic E-state index is 0.655. The molecule has 0 aliphatic heterocycles. The average molecular weight is 504 g/mol. The van der Waals surface area contributed by atoms with E-state index in [2.05, 4.69) is 62.4 Å². The highest BCUT2D eigenvalue weighted by molar-refractivity contribution is 5.87. The molecule has 0 radical (unpaired) electrons. The van der Waals surface area contributed by atoms with Crippen LogP contribution in [-0.2, 0) is 0 Å². The van der Waals surface area contributed by atoms with Gasteiger partial charge in [0.05, 0.1) is 22.4 Å². The van der Waals surface area contributed by atoms with E-state index in [1.165, 1.54) is 11.1 Å². The predicted molar refractivity (Wildman–Crippen MR) is 158 cm³/mol. The monoisotopic (exact) mass is 503 g/mol. The standard InChI is InChI=1S/C35H25N3O/c1-22-21-28(35-38-31-14-8-9-15-32(31)39-35)23(2)20-27(22)24-16-18-26(19-17-24)34-33(25-10-4-3-5-11-25)36-29-12-6-7-13-30(29)37-34/h3-21H,1-2H3. The van der Waals surface area contributed by atoms with Crippen LogP contribution in [0.3, 0.4) is 0 Å². The highest BCUT2D eigenvalue weighted by Crippen LogP contribution is 2.35. The third-order valence-corrected chi connectivity index (χ3v) is 7.18. The molecule has 0 saturated carbocycles. The Bertz CT molecular complexity index is 1940. The van der Waals surface area contributed by atoms with Crippen LogP contribution in [0, 0.1) is 13.8 Å². The Kier molecular flexibility index (Phi) is 5.52. The number of hydrogen-bond donors (Lipinski definition) is 0. The van der Waals surface area contributed by atoms with Gasteiger partial charge in [0.25, 0.3) is 0 Å². The molecule has 4 heteroatoms. The Morgan fingerprint density at radius 2 is 0.974 bits per heavy atom. The molecule has 5 aromatic carbocycles. The Morgan fingerprint density at radius 1 is 0.462 bits per heavy atom. The summed E-state index contributed by atoms with van der Waals surface area (Å²) in [7, 11) is 0. The number of fused-ring (bicyclic) bond motifs is 2. The van der Waals surface area contributed by atoms with Crippen LogP contribution >= 0.6 is 0 Å². The first kappa shape index (κ1) is 23.1. The molecule has 0 bridgehead atoms. The summed E-state index contributed by atoms with van der Waals surface area (Å²) < 4.78 is 6.05. The highest BCUT2D eigenvalue weighted by Gasteiger charge is 2.16. The third-order valence-electron chi connectivity index (χ3n) is 7.18. The lowest BCUT2D eigenvalue weighted by molar-refractivity contribution is 0.619. The molecule has 0 fully saturated rings. The second-order valence-electron chi connectivity index (χ2n) is 9.82. The van der Waals surface area contributed by atoms with Gasteiger partial charge in [-0.3, -0.25) is 0 Å². The number of para-hydroxylation sites is 4. The zero-order valence-electron chi connectivity index (χ0n) is 21.7. The summed E-state index contributed by atoms with van der Waals surface area (Å²) in [5.74, 6) is 0.655. The van der Waals surface area contributed by atoms with Gasteiger partial charge in [0.2, 0.25) is 5.89 Å². The second kappa shape index (κ2) is 9.34. The van der Waals surface area contributed by atoms with Crippen LogP contribution in [0.5, 0.6) is 0 Å². The molecule has 186 valence electrons. The van der Waals surface area contributed by atoms with Crippen molar-refractivity contribution in [2.75, 3.05) is 0 Å². The molecule has 0 N–H and O–H groups in total. The number of oxazole rings is 1. The van der Waals surface area contributed by atoms with Crippen molar-refractivity contribution in [3.63, 3.8) is 0 Å². The second-order valence-corrected chi connectivity index (χ2v) is 9.82. The van der Waals surface area contributed by atoms with Crippen LogP contribution in [-0.4, -0.2) is 15.0 Å². The quantitative estimate of drug-likeness (QED) is 0.240. The molecule has 2 aromatic heterocycles. The first-order valence-corrected chi connectivity index (χ1v) is 13.0. The van der Waals surface area contributed by atoms with Crippen LogP contribution in [0.1, 0.15) is 11.1 Å². The number of nitrogens with zero attached hydrogens (tertiary/aromatic N) is 3. The number of benzene rings is 5. The third kappa shape index (κ3) is 4.16. The van der Waals surface area contributed by atoms with E-state index in [-0.39, 0.29) is 0 Å². The fraction of sp³-hybridized carbons (Fsp3) is 0.0571. The van der Waals surface area contributed by atoms with Gasteiger partial charge in [0, 0.05) is 16.7 Å². The van der Waals surface area contributed by atoms with Crippen molar-refractivity contribution in [2.24, 2.45) is 0 Å². The van der Waals surface area contributed by atoms with Crippen molar-refractivity contribution < 1.29 is 4.42 Å². The van der Waals surface area contributed by atoms with E-state index in [4.69, 9.17) is 19.4 Å². The van der Waals surface area contributed by atoms with Gasteiger partial charge in [-0.25, -0.2) is 15.0 Å². The van der Waals surface area contributed by atoms with E-state index < -0.39 is 0 Å². The lowest BCUT2D eigenvalue weighted by atomic mass is 9.93. The number of aryl methyl sites for hydroxylation is 2. The fourth-order valence-corrected chi connectivity index (χ4v) is 5.15. The first-order chi connectivity index (χ1) is 19.1. The SMILES string of the molecule is Cc1cc(-c2nc3ccccc3o2)c(C)cc1-c1ccc(-c2nc3ccccc3nc2-c2ccccc2)cc1. The van der Waals surface area contributed by atoms with Crippen molar-refractivity contribution in [1.29, 1.82) is 0 Å². The molecule has 0 atom stereocenters. The summed E-state index contributed by atoms with van der Waals surface area (Å²) in [4.78, 5) is 14.8. The molecule has 4 nitrogen and oxygen atoms in total. The molecule has 0 spiro atoms. The van der Waals surface area contributed by atoms with Crippen LogP contribution in [0.4, 0.5) is 0 Å².